The smallest absolute Gasteiger partial charge is 0.0323 e. The zero-order valence-corrected chi connectivity index (χ0v) is 12.6. The quantitative estimate of drug-likeness (QED) is 0.448. The molecule has 98 valence electrons. The van der Waals surface area contributed by atoms with Gasteiger partial charge in [-0.1, -0.05) is 67.2 Å². The first-order valence-electron chi connectivity index (χ1n) is 7.47. The Hall–Kier alpha value is 0. The summed E-state index contributed by atoms with van der Waals surface area (Å²) in [5.74, 6) is 1.81. The van der Waals surface area contributed by atoms with Crippen LogP contribution in [0.2, 0.25) is 0 Å². The molecule has 0 heterocycles. The van der Waals surface area contributed by atoms with Crippen LogP contribution in [0.3, 0.4) is 0 Å². The summed E-state index contributed by atoms with van der Waals surface area (Å²) < 4.78 is 0. The molecule has 0 amide bonds. The summed E-state index contributed by atoms with van der Waals surface area (Å²) in [6, 6.07) is 0. The molecule has 0 spiro atoms. The molecule has 0 rings (SSSR count). The van der Waals surface area contributed by atoms with E-state index in [4.69, 9.17) is 0 Å². The molecule has 1 unspecified atom stereocenters. The molecule has 1 atom stereocenters. The summed E-state index contributed by atoms with van der Waals surface area (Å²) in [7, 11) is 0. The molecule has 0 aliphatic carbocycles. The van der Waals surface area contributed by atoms with E-state index in [0.717, 1.165) is 11.8 Å². The molecule has 0 aromatic carbocycles. The van der Waals surface area contributed by atoms with Crippen molar-refractivity contribution in [1.29, 1.82) is 0 Å². The summed E-state index contributed by atoms with van der Waals surface area (Å²) in [5, 5.41) is 0. The zero-order valence-electron chi connectivity index (χ0n) is 12.6. The summed E-state index contributed by atoms with van der Waals surface area (Å²) in [4.78, 5) is 0. The second kappa shape index (κ2) is 8.14. The fourth-order valence-electron chi connectivity index (χ4n) is 2.84. The van der Waals surface area contributed by atoms with Crippen LogP contribution >= 0.6 is 0 Å². The van der Waals surface area contributed by atoms with E-state index in [2.05, 4.69) is 41.5 Å². The Labute approximate surface area is 104 Å². The van der Waals surface area contributed by atoms with Gasteiger partial charge in [-0.2, -0.15) is 0 Å². The van der Waals surface area contributed by atoms with E-state index in [9.17, 15) is 0 Å². The molecule has 0 bridgehead atoms. The van der Waals surface area contributed by atoms with Crippen molar-refractivity contribution in [2.75, 3.05) is 0 Å². The van der Waals surface area contributed by atoms with Crippen molar-refractivity contribution in [3.63, 3.8) is 0 Å². The van der Waals surface area contributed by atoms with Crippen molar-refractivity contribution in [2.24, 2.45) is 17.3 Å². The van der Waals surface area contributed by atoms with Crippen LogP contribution in [0.5, 0.6) is 0 Å². The Kier molecular flexibility index (Phi) is 8.14. The highest BCUT2D eigenvalue weighted by Crippen LogP contribution is 2.38. The normalized spacial score (nSPS) is 15.8. The third-order valence-corrected chi connectivity index (χ3v) is 4.11. The second-order valence-corrected chi connectivity index (χ2v) is 6.38. The van der Waals surface area contributed by atoms with Gasteiger partial charge >= 0.3 is 0 Å². The molecule has 0 aromatic rings. The molecular weight excluding hydrogens is 192 g/mol. The first kappa shape index (κ1) is 16.0. The van der Waals surface area contributed by atoms with Crippen LogP contribution in [0.1, 0.15) is 86.5 Å². The second-order valence-electron chi connectivity index (χ2n) is 6.38. The third kappa shape index (κ3) is 6.55. The standard InChI is InChI=1S/C16H34/c1-7-11-16(6,12-10-14(4)5)13-15(8-2)9-3/h14-15H,7-13H2,1-6H3. The maximum Gasteiger partial charge on any atom is -0.0323 e. The van der Waals surface area contributed by atoms with Gasteiger partial charge in [-0.3, -0.25) is 0 Å². The van der Waals surface area contributed by atoms with Crippen molar-refractivity contribution in [3.8, 4) is 0 Å². The molecule has 0 N–H and O–H groups in total. The monoisotopic (exact) mass is 226 g/mol. The number of rotatable bonds is 9. The fraction of sp³-hybridized carbons (Fsp3) is 1.00. The van der Waals surface area contributed by atoms with Crippen LogP contribution in [-0.4, -0.2) is 0 Å². The first-order chi connectivity index (χ1) is 7.47. The molecule has 0 radical (unpaired) electrons. The van der Waals surface area contributed by atoms with E-state index in [0.29, 0.717) is 5.41 Å². The van der Waals surface area contributed by atoms with Gasteiger partial charge in [-0.15, -0.1) is 0 Å². The lowest BCUT2D eigenvalue weighted by atomic mass is 9.72. The summed E-state index contributed by atoms with van der Waals surface area (Å²) >= 11 is 0. The lowest BCUT2D eigenvalue weighted by Crippen LogP contribution is -2.21. The minimum atomic E-state index is 0.607. The van der Waals surface area contributed by atoms with Crippen LogP contribution in [0.4, 0.5) is 0 Å². The Morgan fingerprint density at radius 1 is 0.938 bits per heavy atom. The molecule has 0 aliphatic rings. The van der Waals surface area contributed by atoms with Crippen LogP contribution < -0.4 is 0 Å². The molecule has 0 aromatic heterocycles. The van der Waals surface area contributed by atoms with E-state index in [1.54, 1.807) is 0 Å². The van der Waals surface area contributed by atoms with Gasteiger partial charge < -0.3 is 0 Å². The average Bonchev–Trinajstić information content (AvgIpc) is 2.24. The summed E-state index contributed by atoms with van der Waals surface area (Å²) in [6.45, 7) is 14.3. The molecule has 0 saturated heterocycles. The predicted octanol–water partition coefficient (Wildman–Crippen LogP) is 6.06. The highest BCUT2D eigenvalue weighted by atomic mass is 14.3. The highest BCUT2D eigenvalue weighted by molar-refractivity contribution is 4.77. The van der Waals surface area contributed by atoms with Gasteiger partial charge in [0.15, 0.2) is 0 Å². The average molecular weight is 226 g/mol. The molecular formula is C16H34. The Balaban J connectivity index is 4.29. The van der Waals surface area contributed by atoms with E-state index >= 15 is 0 Å². The maximum absolute atomic E-state index is 2.52. The van der Waals surface area contributed by atoms with Crippen LogP contribution in [-0.2, 0) is 0 Å². The Morgan fingerprint density at radius 3 is 1.88 bits per heavy atom. The van der Waals surface area contributed by atoms with Crippen molar-refractivity contribution in [3.05, 3.63) is 0 Å². The van der Waals surface area contributed by atoms with E-state index in [1.807, 2.05) is 0 Å². The highest BCUT2D eigenvalue weighted by Gasteiger charge is 2.26. The van der Waals surface area contributed by atoms with Gasteiger partial charge in [0.2, 0.25) is 0 Å². The van der Waals surface area contributed by atoms with Crippen LogP contribution in [0, 0.1) is 17.3 Å². The van der Waals surface area contributed by atoms with Gasteiger partial charge in [-0.05, 0) is 36.5 Å². The molecule has 0 fully saturated rings. The minimum absolute atomic E-state index is 0.607. The Bertz CT molecular complexity index is 155. The number of hydrogen-bond donors (Lipinski definition) is 0. The molecule has 16 heavy (non-hydrogen) atoms. The summed E-state index contributed by atoms with van der Waals surface area (Å²) in [5.41, 5.74) is 0.607. The number of hydrogen-bond acceptors (Lipinski definition) is 0. The first-order valence-corrected chi connectivity index (χ1v) is 7.47. The maximum atomic E-state index is 2.52. The molecule has 0 heteroatoms. The van der Waals surface area contributed by atoms with Crippen molar-refractivity contribution in [2.45, 2.75) is 86.5 Å². The third-order valence-electron chi connectivity index (χ3n) is 4.11. The van der Waals surface area contributed by atoms with Gasteiger partial charge in [0.25, 0.3) is 0 Å². The lowest BCUT2D eigenvalue weighted by Gasteiger charge is -2.33. The molecule has 0 saturated carbocycles. The molecule has 0 nitrogen and oxygen atoms in total. The fourth-order valence-corrected chi connectivity index (χ4v) is 2.84. The predicted molar refractivity (Wildman–Crippen MR) is 75.8 cm³/mol. The van der Waals surface area contributed by atoms with Crippen LogP contribution in [0.15, 0.2) is 0 Å². The van der Waals surface area contributed by atoms with Crippen LogP contribution in [0.25, 0.3) is 0 Å². The van der Waals surface area contributed by atoms with Crippen molar-refractivity contribution >= 4 is 0 Å². The van der Waals surface area contributed by atoms with Gasteiger partial charge in [0, 0.05) is 0 Å². The lowest BCUT2D eigenvalue weighted by molar-refractivity contribution is 0.183. The minimum Gasteiger partial charge on any atom is -0.0654 e. The zero-order chi connectivity index (χ0) is 12.6. The Morgan fingerprint density at radius 2 is 1.50 bits per heavy atom. The summed E-state index contributed by atoms with van der Waals surface area (Å²) in [6.07, 6.45) is 9.74. The van der Waals surface area contributed by atoms with Gasteiger partial charge in [-0.25, -0.2) is 0 Å². The largest absolute Gasteiger partial charge is 0.0654 e. The SMILES string of the molecule is CCCC(C)(CCC(C)C)CC(CC)CC. The van der Waals surface area contributed by atoms with Gasteiger partial charge in [0.05, 0.1) is 0 Å². The topological polar surface area (TPSA) is 0 Å². The van der Waals surface area contributed by atoms with E-state index in [-0.39, 0.29) is 0 Å². The van der Waals surface area contributed by atoms with Crippen molar-refractivity contribution in [1.82, 2.24) is 0 Å². The van der Waals surface area contributed by atoms with Gasteiger partial charge in [0.1, 0.15) is 0 Å². The van der Waals surface area contributed by atoms with Crippen molar-refractivity contribution < 1.29 is 0 Å². The van der Waals surface area contributed by atoms with E-state index in [1.165, 1.54) is 44.9 Å². The molecule has 0 aliphatic heterocycles. The van der Waals surface area contributed by atoms with E-state index < -0.39 is 0 Å².